The number of hydrogen-bond acceptors (Lipinski definition) is 6. The molecule has 7 heteroatoms. The number of carbonyl (C=O) groups is 1. The first-order valence-electron chi connectivity index (χ1n) is 8.68. The Bertz CT molecular complexity index is 884. The van der Waals surface area contributed by atoms with E-state index in [9.17, 15) is 4.79 Å². The number of thioether (sulfide) groups is 1. The molecule has 0 aliphatic carbocycles. The second kappa shape index (κ2) is 9.53. The maximum absolute atomic E-state index is 12.5. The van der Waals surface area contributed by atoms with Crippen LogP contribution < -0.4 is 10.1 Å². The van der Waals surface area contributed by atoms with E-state index in [0.29, 0.717) is 17.3 Å². The van der Waals surface area contributed by atoms with Crippen LogP contribution in [0.3, 0.4) is 0 Å². The molecule has 3 aromatic rings. The van der Waals surface area contributed by atoms with E-state index in [-0.39, 0.29) is 5.91 Å². The highest BCUT2D eigenvalue weighted by atomic mass is 32.2. The van der Waals surface area contributed by atoms with Gasteiger partial charge in [0.05, 0.1) is 0 Å². The molecule has 140 valence electrons. The number of amides is 1. The minimum absolute atomic E-state index is 0.213. The maximum Gasteiger partial charge on any atom is 0.267 e. The summed E-state index contributed by atoms with van der Waals surface area (Å²) in [6.07, 6.45) is -0.00935. The van der Waals surface area contributed by atoms with Gasteiger partial charge in [-0.25, -0.2) is 0 Å². The molecular formula is C20H21N3O2S2. The molecule has 1 amide bonds. The van der Waals surface area contributed by atoms with Gasteiger partial charge in [0.1, 0.15) is 5.75 Å². The van der Waals surface area contributed by atoms with Crippen molar-refractivity contribution in [2.45, 2.75) is 36.5 Å². The van der Waals surface area contributed by atoms with Gasteiger partial charge in [0.25, 0.3) is 5.91 Å². The summed E-state index contributed by atoms with van der Waals surface area (Å²) in [6.45, 7) is 3.91. The number of aryl methyl sites for hydroxylation is 1. The molecule has 1 atom stereocenters. The van der Waals surface area contributed by atoms with E-state index in [0.717, 1.165) is 15.7 Å². The van der Waals surface area contributed by atoms with Gasteiger partial charge in [-0.3, -0.25) is 10.1 Å². The summed E-state index contributed by atoms with van der Waals surface area (Å²) in [5.41, 5.74) is 2.31. The number of ether oxygens (including phenoxy) is 1. The van der Waals surface area contributed by atoms with Crippen LogP contribution in [0.25, 0.3) is 0 Å². The van der Waals surface area contributed by atoms with Gasteiger partial charge in [0, 0.05) is 5.75 Å². The quantitative estimate of drug-likeness (QED) is 0.430. The number of anilines is 1. The fourth-order valence-corrected chi connectivity index (χ4v) is 4.11. The monoisotopic (exact) mass is 399 g/mol. The van der Waals surface area contributed by atoms with Gasteiger partial charge in [0.2, 0.25) is 5.13 Å². The summed E-state index contributed by atoms with van der Waals surface area (Å²) in [4.78, 5) is 12.5. The molecule has 5 nitrogen and oxygen atoms in total. The second-order valence-corrected chi connectivity index (χ2v) is 8.17. The van der Waals surface area contributed by atoms with Crippen LogP contribution >= 0.6 is 23.1 Å². The second-order valence-electron chi connectivity index (χ2n) is 5.97. The minimum atomic E-state index is -0.573. The third-order valence-electron chi connectivity index (χ3n) is 3.77. The SMILES string of the molecule is CCC(Oc1cccc(C)c1)C(=O)Nc1nnc(SCc2ccccc2)s1. The Morgan fingerprint density at radius 2 is 2.00 bits per heavy atom. The van der Waals surface area contributed by atoms with E-state index in [1.54, 1.807) is 11.8 Å². The zero-order chi connectivity index (χ0) is 19.1. The van der Waals surface area contributed by atoms with Crippen molar-refractivity contribution in [3.05, 3.63) is 65.7 Å². The number of nitrogens with zero attached hydrogens (tertiary/aromatic N) is 2. The molecule has 0 saturated carbocycles. The Morgan fingerprint density at radius 1 is 1.19 bits per heavy atom. The molecule has 0 aliphatic heterocycles. The van der Waals surface area contributed by atoms with Crippen molar-refractivity contribution >= 4 is 34.1 Å². The molecular weight excluding hydrogens is 378 g/mol. The van der Waals surface area contributed by atoms with Crippen molar-refractivity contribution in [1.82, 2.24) is 10.2 Å². The van der Waals surface area contributed by atoms with E-state index in [4.69, 9.17) is 4.74 Å². The smallest absolute Gasteiger partial charge is 0.267 e. The molecule has 27 heavy (non-hydrogen) atoms. The number of benzene rings is 2. The molecule has 0 spiro atoms. The summed E-state index contributed by atoms with van der Waals surface area (Å²) in [5.74, 6) is 1.29. The molecule has 1 N–H and O–H groups in total. The van der Waals surface area contributed by atoms with Gasteiger partial charge in [-0.15, -0.1) is 10.2 Å². The van der Waals surface area contributed by atoms with Crippen molar-refractivity contribution in [3.63, 3.8) is 0 Å². The van der Waals surface area contributed by atoms with E-state index >= 15 is 0 Å². The molecule has 2 aromatic carbocycles. The number of nitrogens with one attached hydrogen (secondary N) is 1. The zero-order valence-corrected chi connectivity index (χ0v) is 16.8. The fourth-order valence-electron chi connectivity index (χ4n) is 2.40. The highest BCUT2D eigenvalue weighted by Crippen LogP contribution is 2.28. The van der Waals surface area contributed by atoms with Crippen molar-refractivity contribution in [2.24, 2.45) is 0 Å². The molecule has 0 saturated heterocycles. The van der Waals surface area contributed by atoms with Crippen LogP contribution in [0.5, 0.6) is 5.75 Å². The molecule has 0 radical (unpaired) electrons. The lowest BCUT2D eigenvalue weighted by Gasteiger charge is -2.16. The van der Waals surface area contributed by atoms with Gasteiger partial charge in [-0.1, -0.05) is 72.5 Å². The molecule has 1 aromatic heterocycles. The van der Waals surface area contributed by atoms with Crippen LogP contribution in [0.1, 0.15) is 24.5 Å². The normalized spacial score (nSPS) is 11.8. The number of aromatic nitrogens is 2. The van der Waals surface area contributed by atoms with Crippen LogP contribution in [-0.2, 0) is 10.5 Å². The first-order chi connectivity index (χ1) is 13.1. The summed E-state index contributed by atoms with van der Waals surface area (Å²) >= 11 is 2.97. The van der Waals surface area contributed by atoms with E-state index in [1.165, 1.54) is 16.9 Å². The lowest BCUT2D eigenvalue weighted by atomic mass is 10.2. The Kier molecular flexibility index (Phi) is 6.84. The average molecular weight is 400 g/mol. The van der Waals surface area contributed by atoms with Crippen LogP contribution in [0, 0.1) is 6.92 Å². The average Bonchev–Trinajstić information content (AvgIpc) is 3.12. The van der Waals surface area contributed by atoms with E-state index in [2.05, 4.69) is 27.6 Å². The van der Waals surface area contributed by atoms with Crippen LogP contribution in [0.4, 0.5) is 5.13 Å². The minimum Gasteiger partial charge on any atom is -0.481 e. The van der Waals surface area contributed by atoms with Gasteiger partial charge in [-0.05, 0) is 36.6 Å². The van der Waals surface area contributed by atoms with E-state index in [1.807, 2.05) is 56.3 Å². The molecule has 1 unspecified atom stereocenters. The van der Waals surface area contributed by atoms with Crippen LogP contribution in [0.2, 0.25) is 0 Å². The maximum atomic E-state index is 12.5. The number of hydrogen-bond donors (Lipinski definition) is 1. The Hall–Kier alpha value is -2.38. The molecule has 0 bridgehead atoms. The topological polar surface area (TPSA) is 64.1 Å². The van der Waals surface area contributed by atoms with Gasteiger partial charge >= 0.3 is 0 Å². The lowest BCUT2D eigenvalue weighted by Crippen LogP contribution is -2.32. The largest absolute Gasteiger partial charge is 0.481 e. The standard InChI is InChI=1S/C20H21N3O2S2/c1-3-17(25-16-11-7-8-14(2)12-16)18(24)21-19-22-23-20(27-19)26-13-15-9-5-4-6-10-15/h4-12,17H,3,13H2,1-2H3,(H,21,22,24). The molecule has 1 heterocycles. The van der Waals surface area contributed by atoms with Gasteiger partial charge < -0.3 is 4.74 Å². The summed E-state index contributed by atoms with van der Waals surface area (Å²) in [6, 6.07) is 17.8. The Labute approximate surface area is 167 Å². The highest BCUT2D eigenvalue weighted by molar-refractivity contribution is 8.00. The van der Waals surface area contributed by atoms with Gasteiger partial charge in [0.15, 0.2) is 10.4 Å². The summed E-state index contributed by atoms with van der Waals surface area (Å²) < 4.78 is 6.65. The summed E-state index contributed by atoms with van der Waals surface area (Å²) in [7, 11) is 0. The van der Waals surface area contributed by atoms with E-state index < -0.39 is 6.10 Å². The summed E-state index contributed by atoms with van der Waals surface area (Å²) in [5, 5.41) is 11.5. The van der Waals surface area contributed by atoms with Crippen molar-refractivity contribution < 1.29 is 9.53 Å². The number of rotatable bonds is 8. The third kappa shape index (κ3) is 5.80. The zero-order valence-electron chi connectivity index (χ0n) is 15.2. The molecule has 3 rings (SSSR count). The molecule has 0 aliphatic rings. The number of carbonyl (C=O) groups excluding carboxylic acids is 1. The predicted molar refractivity (Wildman–Crippen MR) is 110 cm³/mol. The fraction of sp³-hybridized carbons (Fsp3) is 0.250. The Morgan fingerprint density at radius 3 is 2.74 bits per heavy atom. The van der Waals surface area contributed by atoms with Gasteiger partial charge in [-0.2, -0.15) is 0 Å². The first-order valence-corrected chi connectivity index (χ1v) is 10.5. The van der Waals surface area contributed by atoms with Crippen molar-refractivity contribution in [2.75, 3.05) is 5.32 Å². The first kappa shape index (κ1) is 19.4. The van der Waals surface area contributed by atoms with Crippen molar-refractivity contribution in [3.8, 4) is 5.75 Å². The lowest BCUT2D eigenvalue weighted by molar-refractivity contribution is -0.122. The Balaban J connectivity index is 1.55. The van der Waals surface area contributed by atoms with Crippen LogP contribution in [0.15, 0.2) is 58.9 Å². The van der Waals surface area contributed by atoms with Crippen LogP contribution in [-0.4, -0.2) is 22.2 Å². The molecule has 0 fully saturated rings. The predicted octanol–water partition coefficient (Wildman–Crippen LogP) is 4.93. The third-order valence-corrected chi connectivity index (χ3v) is 5.82. The highest BCUT2D eigenvalue weighted by Gasteiger charge is 2.20. The van der Waals surface area contributed by atoms with Crippen molar-refractivity contribution in [1.29, 1.82) is 0 Å².